The first-order chi connectivity index (χ1) is 9.74. The Morgan fingerprint density at radius 3 is 3.00 bits per heavy atom. The van der Waals surface area contributed by atoms with E-state index < -0.39 is 0 Å². The third-order valence-corrected chi connectivity index (χ3v) is 3.73. The molecule has 3 N–H and O–H groups in total. The van der Waals surface area contributed by atoms with Crippen molar-refractivity contribution < 1.29 is 10.2 Å². The van der Waals surface area contributed by atoms with E-state index >= 15 is 0 Å². The Morgan fingerprint density at radius 2 is 2.25 bits per heavy atom. The summed E-state index contributed by atoms with van der Waals surface area (Å²) in [5.41, 5.74) is 0. The maximum atomic E-state index is 9.47. The van der Waals surface area contributed by atoms with E-state index in [1.807, 2.05) is 13.0 Å². The highest BCUT2D eigenvalue weighted by molar-refractivity contribution is 5.49. The molecular weight excluding hydrogens is 256 g/mol. The van der Waals surface area contributed by atoms with E-state index in [2.05, 4.69) is 20.2 Å². The number of nitrogens with one attached hydrogen (secondary N) is 1. The number of aliphatic hydroxyl groups excluding tert-OH is 2. The number of piperidine rings is 1. The fourth-order valence-electron chi connectivity index (χ4n) is 2.44. The van der Waals surface area contributed by atoms with Gasteiger partial charge in [0, 0.05) is 25.8 Å². The van der Waals surface area contributed by atoms with Gasteiger partial charge >= 0.3 is 0 Å². The molecule has 6 nitrogen and oxygen atoms in total. The molecule has 1 saturated heterocycles. The molecule has 2 atom stereocenters. The van der Waals surface area contributed by atoms with Crippen LogP contribution in [0.25, 0.3) is 0 Å². The molecule has 1 aliphatic heterocycles. The van der Waals surface area contributed by atoms with Crippen LogP contribution in [0.1, 0.15) is 26.2 Å². The van der Waals surface area contributed by atoms with Crippen molar-refractivity contribution in [2.45, 2.75) is 32.2 Å². The minimum absolute atomic E-state index is 0.155. The van der Waals surface area contributed by atoms with E-state index in [1.165, 1.54) is 0 Å². The summed E-state index contributed by atoms with van der Waals surface area (Å²) in [4.78, 5) is 10.7. The van der Waals surface area contributed by atoms with Crippen molar-refractivity contribution in [3.8, 4) is 0 Å². The van der Waals surface area contributed by atoms with Crippen LogP contribution in [0.2, 0.25) is 0 Å². The first-order valence-electron chi connectivity index (χ1n) is 7.29. The maximum Gasteiger partial charge on any atom is 0.134 e. The number of anilines is 2. The summed E-state index contributed by atoms with van der Waals surface area (Å²) in [7, 11) is 0. The van der Waals surface area contributed by atoms with Crippen LogP contribution in [-0.4, -0.2) is 52.5 Å². The van der Waals surface area contributed by atoms with Crippen molar-refractivity contribution in [1.29, 1.82) is 0 Å². The number of aromatic nitrogens is 2. The molecule has 112 valence electrons. The van der Waals surface area contributed by atoms with E-state index in [0.29, 0.717) is 6.54 Å². The highest BCUT2D eigenvalue weighted by Crippen LogP contribution is 2.23. The lowest BCUT2D eigenvalue weighted by Crippen LogP contribution is -2.42. The number of aliphatic hydroxyl groups is 2. The third kappa shape index (κ3) is 3.80. The number of hydrogen-bond acceptors (Lipinski definition) is 6. The van der Waals surface area contributed by atoms with Crippen molar-refractivity contribution >= 4 is 11.6 Å². The van der Waals surface area contributed by atoms with Crippen molar-refractivity contribution in [1.82, 2.24) is 9.97 Å². The second kappa shape index (κ2) is 7.40. The molecule has 2 rings (SSSR count). The first-order valence-corrected chi connectivity index (χ1v) is 7.29. The topological polar surface area (TPSA) is 81.5 Å². The smallest absolute Gasteiger partial charge is 0.134 e. The highest BCUT2D eigenvalue weighted by Gasteiger charge is 2.23. The van der Waals surface area contributed by atoms with Gasteiger partial charge in [-0.15, -0.1) is 0 Å². The Hall–Kier alpha value is -1.40. The summed E-state index contributed by atoms with van der Waals surface area (Å²) in [6, 6.07) is 2.07. The second-order valence-corrected chi connectivity index (χ2v) is 5.46. The summed E-state index contributed by atoms with van der Waals surface area (Å²) in [5.74, 6) is 1.81. The van der Waals surface area contributed by atoms with Crippen molar-refractivity contribution in [2.24, 2.45) is 5.92 Å². The highest BCUT2D eigenvalue weighted by atomic mass is 16.3. The van der Waals surface area contributed by atoms with E-state index in [1.54, 1.807) is 6.33 Å². The zero-order chi connectivity index (χ0) is 14.4. The van der Waals surface area contributed by atoms with E-state index in [0.717, 1.165) is 37.4 Å². The van der Waals surface area contributed by atoms with Gasteiger partial charge in [-0.1, -0.05) is 6.92 Å². The molecule has 20 heavy (non-hydrogen) atoms. The van der Waals surface area contributed by atoms with E-state index in [9.17, 15) is 5.11 Å². The van der Waals surface area contributed by atoms with Gasteiger partial charge in [0.25, 0.3) is 0 Å². The van der Waals surface area contributed by atoms with Gasteiger partial charge in [0.1, 0.15) is 18.0 Å². The van der Waals surface area contributed by atoms with Gasteiger partial charge in [0.15, 0.2) is 0 Å². The molecule has 0 amide bonds. The Balaban J connectivity index is 2.04. The molecule has 6 heteroatoms. The average molecular weight is 280 g/mol. The summed E-state index contributed by atoms with van der Waals surface area (Å²) in [5, 5.41) is 21.7. The molecule has 0 saturated carbocycles. The van der Waals surface area contributed by atoms with E-state index in [-0.39, 0.29) is 25.2 Å². The van der Waals surface area contributed by atoms with Gasteiger partial charge in [0.05, 0.1) is 12.6 Å². The largest absolute Gasteiger partial charge is 0.396 e. The number of nitrogens with zero attached hydrogens (tertiary/aromatic N) is 3. The third-order valence-electron chi connectivity index (χ3n) is 3.73. The number of hydrogen-bond donors (Lipinski definition) is 3. The molecule has 1 aliphatic rings. The van der Waals surface area contributed by atoms with Crippen LogP contribution in [0.15, 0.2) is 12.4 Å². The minimum Gasteiger partial charge on any atom is -0.396 e. The van der Waals surface area contributed by atoms with Gasteiger partial charge < -0.3 is 20.4 Å². The van der Waals surface area contributed by atoms with Crippen LogP contribution in [0.3, 0.4) is 0 Å². The summed E-state index contributed by atoms with van der Waals surface area (Å²) < 4.78 is 0. The Kier molecular flexibility index (Phi) is 5.55. The van der Waals surface area contributed by atoms with E-state index in [4.69, 9.17) is 5.11 Å². The number of rotatable bonds is 6. The molecule has 2 heterocycles. The van der Waals surface area contributed by atoms with Crippen molar-refractivity contribution in [3.05, 3.63) is 12.4 Å². The Labute approximate surface area is 119 Å². The van der Waals surface area contributed by atoms with Crippen molar-refractivity contribution in [2.75, 3.05) is 36.5 Å². The van der Waals surface area contributed by atoms with Crippen LogP contribution >= 0.6 is 0 Å². The monoisotopic (exact) mass is 280 g/mol. The minimum atomic E-state index is 0.155. The van der Waals surface area contributed by atoms with Gasteiger partial charge in [-0.25, -0.2) is 9.97 Å². The van der Waals surface area contributed by atoms with Gasteiger partial charge in [-0.2, -0.15) is 0 Å². The molecule has 0 radical (unpaired) electrons. The Bertz CT molecular complexity index is 416. The van der Waals surface area contributed by atoms with Gasteiger partial charge in [-0.3, -0.25) is 0 Å². The van der Waals surface area contributed by atoms with Crippen LogP contribution < -0.4 is 10.2 Å². The molecule has 2 unspecified atom stereocenters. The molecule has 0 aliphatic carbocycles. The fourth-order valence-corrected chi connectivity index (χ4v) is 2.44. The van der Waals surface area contributed by atoms with Crippen LogP contribution in [0, 0.1) is 5.92 Å². The molecule has 1 fully saturated rings. The fraction of sp³-hybridized carbons (Fsp3) is 0.714. The lowest BCUT2D eigenvalue weighted by Gasteiger charge is -2.35. The van der Waals surface area contributed by atoms with Crippen LogP contribution in [0.4, 0.5) is 11.6 Å². The van der Waals surface area contributed by atoms with Crippen LogP contribution in [0.5, 0.6) is 0 Å². The Morgan fingerprint density at radius 1 is 1.40 bits per heavy atom. The molecule has 0 aromatic carbocycles. The molecular formula is C14H24N4O2. The average Bonchev–Trinajstić information content (AvgIpc) is 2.52. The van der Waals surface area contributed by atoms with Gasteiger partial charge in [-0.05, 0) is 25.2 Å². The predicted molar refractivity (Wildman–Crippen MR) is 78.8 cm³/mol. The summed E-state index contributed by atoms with van der Waals surface area (Å²) in [6.07, 6.45) is 4.84. The summed E-state index contributed by atoms with van der Waals surface area (Å²) >= 11 is 0. The van der Waals surface area contributed by atoms with Gasteiger partial charge in [0.2, 0.25) is 0 Å². The normalized spacial score (nSPS) is 20.8. The zero-order valence-corrected chi connectivity index (χ0v) is 12.0. The molecule has 1 aromatic rings. The molecule has 1 aromatic heterocycles. The first kappa shape index (κ1) is 15.0. The quantitative estimate of drug-likeness (QED) is 0.717. The molecule has 0 bridgehead atoms. The summed E-state index contributed by atoms with van der Waals surface area (Å²) in [6.45, 7) is 3.89. The standard InChI is InChI=1S/C14H24N4O2/c1-11(8-19)7-15-13-6-14(17-10-16-13)18-5-3-2-4-12(18)9-20/h6,10-12,19-20H,2-5,7-9H2,1H3,(H,15,16,17). The second-order valence-electron chi connectivity index (χ2n) is 5.46. The SMILES string of the molecule is CC(CO)CNc1cc(N2CCCCC2CO)ncn1. The maximum absolute atomic E-state index is 9.47. The lowest BCUT2D eigenvalue weighted by atomic mass is 10.0. The molecule has 0 spiro atoms. The van der Waals surface area contributed by atoms with Crippen LogP contribution in [-0.2, 0) is 0 Å². The zero-order valence-electron chi connectivity index (χ0n) is 12.0. The van der Waals surface area contributed by atoms with Crippen molar-refractivity contribution in [3.63, 3.8) is 0 Å². The lowest BCUT2D eigenvalue weighted by molar-refractivity contribution is 0.239. The predicted octanol–water partition coefficient (Wildman–Crippen LogP) is 0.868.